The molecule has 148 valence electrons. The molecule has 0 aliphatic carbocycles. The van der Waals surface area contributed by atoms with Crippen molar-refractivity contribution in [2.24, 2.45) is 14.1 Å². The molecule has 0 saturated heterocycles. The van der Waals surface area contributed by atoms with Gasteiger partial charge in [0.1, 0.15) is 12.3 Å². The first-order valence-electron chi connectivity index (χ1n) is 8.96. The van der Waals surface area contributed by atoms with E-state index in [1.165, 1.54) is 29.6 Å². The maximum atomic E-state index is 13.2. The van der Waals surface area contributed by atoms with Crippen LogP contribution in [0.3, 0.4) is 0 Å². The first-order valence-corrected chi connectivity index (χ1v) is 8.96. The molecule has 9 heteroatoms. The number of rotatable bonds is 5. The number of benzene rings is 1. The van der Waals surface area contributed by atoms with E-state index in [2.05, 4.69) is 4.98 Å². The number of aryl methyl sites for hydroxylation is 1. The first kappa shape index (κ1) is 18.5. The largest absolute Gasteiger partial charge is 0.467 e. The van der Waals surface area contributed by atoms with Crippen LogP contribution in [-0.2, 0) is 32.0 Å². The standard InChI is InChI=1S/C20H19N5O4/c1-22-18-17(19(27)23(2)20(22)28)24(13-21-18)12-16(26)25(11-15-9-6-10-29-15)14-7-4-3-5-8-14/h3-10,13H,11-12H2,1-2H3. The molecule has 0 fully saturated rings. The molecular formula is C20H19N5O4. The maximum Gasteiger partial charge on any atom is 0.332 e. The fourth-order valence-electron chi connectivity index (χ4n) is 3.24. The van der Waals surface area contributed by atoms with Crippen molar-refractivity contribution in [3.63, 3.8) is 0 Å². The van der Waals surface area contributed by atoms with Gasteiger partial charge in [-0.2, -0.15) is 0 Å². The minimum Gasteiger partial charge on any atom is -0.467 e. The van der Waals surface area contributed by atoms with E-state index in [0.29, 0.717) is 11.4 Å². The highest BCUT2D eigenvalue weighted by Gasteiger charge is 2.21. The summed E-state index contributed by atoms with van der Waals surface area (Å²) in [6.45, 7) is 0.137. The molecular weight excluding hydrogens is 374 g/mol. The zero-order chi connectivity index (χ0) is 20.5. The molecule has 0 atom stereocenters. The number of nitrogens with zero attached hydrogens (tertiary/aromatic N) is 5. The predicted molar refractivity (Wildman–Crippen MR) is 107 cm³/mol. The lowest BCUT2D eigenvalue weighted by atomic mass is 10.2. The van der Waals surface area contributed by atoms with Gasteiger partial charge in [-0.3, -0.25) is 18.7 Å². The lowest BCUT2D eigenvalue weighted by Crippen LogP contribution is -2.38. The summed E-state index contributed by atoms with van der Waals surface area (Å²) in [7, 11) is 2.94. The van der Waals surface area contributed by atoms with Crippen molar-refractivity contribution in [3.8, 4) is 0 Å². The second-order valence-electron chi connectivity index (χ2n) is 6.65. The Morgan fingerprint density at radius 3 is 2.52 bits per heavy atom. The van der Waals surface area contributed by atoms with Gasteiger partial charge < -0.3 is 13.9 Å². The van der Waals surface area contributed by atoms with Gasteiger partial charge in [-0.1, -0.05) is 18.2 Å². The van der Waals surface area contributed by atoms with Gasteiger partial charge in [-0.25, -0.2) is 9.78 Å². The number of imidazole rings is 1. The monoisotopic (exact) mass is 393 g/mol. The summed E-state index contributed by atoms with van der Waals surface area (Å²) in [6.07, 6.45) is 2.95. The summed E-state index contributed by atoms with van der Waals surface area (Å²) in [5.41, 5.74) is 0.185. The summed E-state index contributed by atoms with van der Waals surface area (Å²) in [4.78, 5) is 43.6. The second kappa shape index (κ2) is 7.27. The van der Waals surface area contributed by atoms with Crippen LogP contribution in [0, 0.1) is 0 Å². The molecule has 0 unspecified atom stereocenters. The van der Waals surface area contributed by atoms with Crippen LogP contribution in [0.5, 0.6) is 0 Å². The molecule has 9 nitrogen and oxygen atoms in total. The molecule has 0 spiro atoms. The van der Waals surface area contributed by atoms with Crippen LogP contribution in [0.15, 0.2) is 69.1 Å². The van der Waals surface area contributed by atoms with Crippen molar-refractivity contribution in [3.05, 3.63) is 81.7 Å². The summed E-state index contributed by atoms with van der Waals surface area (Å²) in [6, 6.07) is 12.8. The van der Waals surface area contributed by atoms with E-state index in [-0.39, 0.29) is 30.2 Å². The third kappa shape index (κ3) is 3.27. The van der Waals surface area contributed by atoms with Gasteiger partial charge >= 0.3 is 5.69 Å². The quantitative estimate of drug-likeness (QED) is 0.509. The molecule has 0 N–H and O–H groups in total. The van der Waals surface area contributed by atoms with Crippen molar-refractivity contribution < 1.29 is 9.21 Å². The Bertz CT molecular complexity index is 1280. The van der Waals surface area contributed by atoms with Crippen molar-refractivity contribution in [2.75, 3.05) is 4.90 Å². The molecule has 0 aliphatic heterocycles. The van der Waals surface area contributed by atoms with E-state index in [1.54, 1.807) is 23.3 Å². The summed E-state index contributed by atoms with van der Waals surface area (Å²) >= 11 is 0. The second-order valence-corrected chi connectivity index (χ2v) is 6.65. The molecule has 1 amide bonds. The third-order valence-corrected chi connectivity index (χ3v) is 4.79. The number of anilines is 1. The summed E-state index contributed by atoms with van der Waals surface area (Å²) < 4.78 is 9.16. The Morgan fingerprint density at radius 2 is 1.83 bits per heavy atom. The average molecular weight is 393 g/mol. The Balaban J connectivity index is 1.73. The van der Waals surface area contributed by atoms with Crippen LogP contribution in [0.2, 0.25) is 0 Å². The molecule has 1 aromatic carbocycles. The third-order valence-electron chi connectivity index (χ3n) is 4.79. The Kier molecular flexibility index (Phi) is 4.63. The van der Waals surface area contributed by atoms with Crippen molar-refractivity contribution in [1.29, 1.82) is 0 Å². The molecule has 0 saturated carbocycles. The SMILES string of the molecule is Cn1c(=O)c2c(ncn2CC(=O)N(Cc2ccco2)c2ccccc2)n(C)c1=O. The highest BCUT2D eigenvalue weighted by molar-refractivity contribution is 5.93. The smallest absolute Gasteiger partial charge is 0.332 e. The van der Waals surface area contributed by atoms with Crippen LogP contribution in [-0.4, -0.2) is 24.6 Å². The van der Waals surface area contributed by atoms with Gasteiger partial charge in [0.25, 0.3) is 5.56 Å². The zero-order valence-electron chi connectivity index (χ0n) is 16.0. The Hall–Kier alpha value is -3.88. The number of furan rings is 1. The van der Waals surface area contributed by atoms with E-state index in [1.807, 2.05) is 30.3 Å². The number of fused-ring (bicyclic) bond motifs is 1. The number of hydrogen-bond acceptors (Lipinski definition) is 5. The normalized spacial score (nSPS) is 11.1. The van der Waals surface area contributed by atoms with E-state index in [0.717, 1.165) is 4.57 Å². The molecule has 4 rings (SSSR count). The minimum atomic E-state index is -0.495. The zero-order valence-corrected chi connectivity index (χ0v) is 16.0. The highest BCUT2D eigenvalue weighted by atomic mass is 16.3. The minimum absolute atomic E-state index is 0.112. The molecule has 0 aliphatic rings. The fraction of sp³-hybridized carbons (Fsp3) is 0.200. The number of hydrogen-bond donors (Lipinski definition) is 0. The van der Waals surface area contributed by atoms with E-state index >= 15 is 0 Å². The van der Waals surface area contributed by atoms with Gasteiger partial charge in [0.05, 0.1) is 19.1 Å². The van der Waals surface area contributed by atoms with E-state index < -0.39 is 11.2 Å². The van der Waals surface area contributed by atoms with Crippen molar-refractivity contribution >= 4 is 22.8 Å². The molecule has 4 aromatic rings. The average Bonchev–Trinajstić information content (AvgIpc) is 3.39. The molecule has 0 radical (unpaired) electrons. The van der Waals surface area contributed by atoms with Crippen LogP contribution in [0.4, 0.5) is 5.69 Å². The van der Waals surface area contributed by atoms with Gasteiger partial charge in [0.15, 0.2) is 11.2 Å². The van der Waals surface area contributed by atoms with Crippen LogP contribution < -0.4 is 16.1 Å². The van der Waals surface area contributed by atoms with Crippen molar-refractivity contribution in [1.82, 2.24) is 18.7 Å². The van der Waals surface area contributed by atoms with Gasteiger partial charge in [0.2, 0.25) is 5.91 Å². The lowest BCUT2D eigenvalue weighted by Gasteiger charge is -2.22. The van der Waals surface area contributed by atoms with Crippen LogP contribution in [0.1, 0.15) is 5.76 Å². The molecule has 0 bridgehead atoms. The summed E-state index contributed by atoms with van der Waals surface area (Å²) in [5.74, 6) is 0.388. The molecule has 29 heavy (non-hydrogen) atoms. The topological polar surface area (TPSA) is 95.3 Å². The van der Waals surface area contributed by atoms with Crippen LogP contribution in [0.25, 0.3) is 11.2 Å². The van der Waals surface area contributed by atoms with Crippen LogP contribution >= 0.6 is 0 Å². The number of carbonyl (C=O) groups excluding carboxylic acids is 1. The fourth-order valence-corrected chi connectivity index (χ4v) is 3.24. The maximum absolute atomic E-state index is 13.2. The predicted octanol–water partition coefficient (Wildman–Crippen LogP) is 1.26. The van der Waals surface area contributed by atoms with E-state index in [9.17, 15) is 14.4 Å². The molecule has 3 aromatic heterocycles. The summed E-state index contributed by atoms with van der Waals surface area (Å²) in [5, 5.41) is 0. The Labute approximate surface area is 165 Å². The van der Waals surface area contributed by atoms with Crippen molar-refractivity contribution in [2.45, 2.75) is 13.1 Å². The lowest BCUT2D eigenvalue weighted by molar-refractivity contribution is -0.119. The number of aromatic nitrogens is 4. The number of amides is 1. The van der Waals surface area contributed by atoms with Gasteiger partial charge in [0, 0.05) is 19.8 Å². The van der Waals surface area contributed by atoms with E-state index in [4.69, 9.17) is 4.42 Å². The highest BCUT2D eigenvalue weighted by Crippen LogP contribution is 2.18. The number of carbonyl (C=O) groups is 1. The van der Waals surface area contributed by atoms with Gasteiger partial charge in [-0.15, -0.1) is 0 Å². The van der Waals surface area contributed by atoms with Gasteiger partial charge in [-0.05, 0) is 24.3 Å². The first-order chi connectivity index (χ1) is 14.0. The Morgan fingerprint density at radius 1 is 1.07 bits per heavy atom. The number of para-hydroxylation sites is 1. The molecule has 3 heterocycles.